The second-order valence-electron chi connectivity index (χ2n) is 8.18. The Morgan fingerprint density at radius 2 is 1.82 bits per heavy atom. The van der Waals surface area contributed by atoms with Gasteiger partial charge < -0.3 is 4.90 Å². The number of amides is 1. The number of piperidine rings is 2. The van der Waals surface area contributed by atoms with Crippen molar-refractivity contribution in [2.24, 2.45) is 5.92 Å². The molecule has 0 aliphatic carbocycles. The zero-order valence-electron chi connectivity index (χ0n) is 16.4. The number of likely N-dealkylation sites (tertiary alicyclic amines) is 2. The molecule has 0 spiro atoms. The van der Waals surface area contributed by atoms with E-state index in [1.54, 1.807) is 6.07 Å². The van der Waals surface area contributed by atoms with Crippen molar-refractivity contribution in [3.05, 3.63) is 71.5 Å². The fourth-order valence-electron chi connectivity index (χ4n) is 4.85. The fraction of sp³-hybridized carbons (Fsp3) is 0.458. The minimum absolute atomic E-state index is 0.211. The maximum atomic E-state index is 13.3. The molecule has 2 fully saturated rings. The molecule has 2 aliphatic rings. The Hall–Kier alpha value is -2.20. The Bertz CT molecular complexity index is 794. The number of halogens is 1. The van der Waals surface area contributed by atoms with Gasteiger partial charge in [-0.05, 0) is 61.4 Å². The van der Waals surface area contributed by atoms with E-state index < -0.39 is 0 Å². The largest absolute Gasteiger partial charge is 0.342 e. The zero-order valence-corrected chi connectivity index (χ0v) is 16.4. The van der Waals surface area contributed by atoms with E-state index >= 15 is 0 Å². The third kappa shape index (κ3) is 4.61. The quantitative estimate of drug-likeness (QED) is 0.773. The second-order valence-corrected chi connectivity index (χ2v) is 8.18. The number of hydrogen-bond acceptors (Lipinski definition) is 2. The minimum Gasteiger partial charge on any atom is -0.342 e. The molecule has 4 heteroatoms. The summed E-state index contributed by atoms with van der Waals surface area (Å²) in [5.74, 6) is 0.554. The monoisotopic (exact) mass is 380 g/mol. The van der Waals surface area contributed by atoms with Gasteiger partial charge in [-0.2, -0.15) is 0 Å². The molecule has 2 atom stereocenters. The predicted octanol–water partition coefficient (Wildman–Crippen LogP) is 4.27. The molecule has 0 unspecified atom stereocenters. The Morgan fingerprint density at radius 3 is 2.64 bits per heavy atom. The van der Waals surface area contributed by atoms with Crippen LogP contribution >= 0.6 is 0 Å². The van der Waals surface area contributed by atoms with Gasteiger partial charge in [-0.1, -0.05) is 42.5 Å². The SMILES string of the molecule is O=C(CCc1cccc(F)c1)N1CC[C@@H]2[C@@H](CCCN2Cc2ccccc2)C1. The van der Waals surface area contributed by atoms with E-state index in [1.165, 1.54) is 30.5 Å². The molecule has 0 bridgehead atoms. The molecule has 0 radical (unpaired) electrons. The molecular weight excluding hydrogens is 351 g/mol. The average Bonchev–Trinajstić information content (AvgIpc) is 2.73. The third-order valence-corrected chi connectivity index (χ3v) is 6.28. The predicted molar refractivity (Wildman–Crippen MR) is 109 cm³/mol. The van der Waals surface area contributed by atoms with Crippen LogP contribution in [0.3, 0.4) is 0 Å². The smallest absolute Gasteiger partial charge is 0.222 e. The first-order valence-electron chi connectivity index (χ1n) is 10.5. The van der Waals surface area contributed by atoms with Crippen molar-refractivity contribution in [2.45, 2.75) is 44.7 Å². The third-order valence-electron chi connectivity index (χ3n) is 6.28. The van der Waals surface area contributed by atoms with E-state index in [0.29, 0.717) is 24.8 Å². The topological polar surface area (TPSA) is 23.6 Å². The van der Waals surface area contributed by atoms with Gasteiger partial charge in [0.1, 0.15) is 5.82 Å². The highest BCUT2D eigenvalue weighted by Gasteiger charge is 2.36. The number of nitrogens with zero attached hydrogens (tertiary/aromatic N) is 2. The highest BCUT2D eigenvalue weighted by molar-refractivity contribution is 5.76. The van der Waals surface area contributed by atoms with E-state index in [-0.39, 0.29) is 11.7 Å². The number of rotatable bonds is 5. The average molecular weight is 381 g/mol. The Balaban J connectivity index is 1.32. The molecule has 0 aromatic heterocycles. The van der Waals surface area contributed by atoms with Gasteiger partial charge in [-0.25, -0.2) is 4.39 Å². The highest BCUT2D eigenvalue weighted by Crippen LogP contribution is 2.32. The van der Waals surface area contributed by atoms with Crippen LogP contribution in [-0.2, 0) is 17.8 Å². The summed E-state index contributed by atoms with van der Waals surface area (Å²) in [7, 11) is 0. The number of hydrogen-bond donors (Lipinski definition) is 0. The molecule has 2 aromatic carbocycles. The second kappa shape index (κ2) is 8.87. The Kier molecular flexibility index (Phi) is 6.06. The van der Waals surface area contributed by atoms with Gasteiger partial charge in [0.15, 0.2) is 0 Å². The van der Waals surface area contributed by atoms with Gasteiger partial charge in [-0.15, -0.1) is 0 Å². The standard InChI is InChI=1S/C24H29FN2O/c25-22-10-4-8-19(16-22)11-12-24(28)27-15-13-23-21(18-27)9-5-14-26(23)17-20-6-2-1-3-7-20/h1-4,6-8,10,16,21,23H,5,9,11-15,17-18H2/t21-,23+/m0/s1. The normalized spacial score (nSPS) is 22.7. The van der Waals surface area contributed by atoms with Gasteiger partial charge in [-0.3, -0.25) is 9.69 Å². The summed E-state index contributed by atoms with van der Waals surface area (Å²) in [5.41, 5.74) is 2.27. The molecule has 4 rings (SSSR count). The van der Waals surface area contributed by atoms with E-state index in [1.807, 2.05) is 11.0 Å². The van der Waals surface area contributed by atoms with Crippen LogP contribution < -0.4 is 0 Å². The zero-order chi connectivity index (χ0) is 19.3. The maximum Gasteiger partial charge on any atom is 0.222 e. The van der Waals surface area contributed by atoms with Crippen LogP contribution in [0.15, 0.2) is 54.6 Å². The van der Waals surface area contributed by atoms with Crippen LogP contribution in [0.2, 0.25) is 0 Å². The Labute approximate surface area is 167 Å². The number of aryl methyl sites for hydroxylation is 1. The summed E-state index contributed by atoms with van der Waals surface area (Å²) in [5, 5.41) is 0. The van der Waals surface area contributed by atoms with Crippen LogP contribution in [0, 0.1) is 11.7 Å². The van der Waals surface area contributed by atoms with Gasteiger partial charge in [0.25, 0.3) is 0 Å². The van der Waals surface area contributed by atoms with Crippen LogP contribution in [0.1, 0.15) is 36.8 Å². The summed E-state index contributed by atoms with van der Waals surface area (Å²) in [6.07, 6.45) is 4.56. The van der Waals surface area contributed by atoms with Crippen LogP contribution in [0.4, 0.5) is 4.39 Å². The van der Waals surface area contributed by atoms with Crippen LogP contribution in [0.25, 0.3) is 0 Å². The Morgan fingerprint density at radius 1 is 1.00 bits per heavy atom. The number of benzene rings is 2. The minimum atomic E-state index is -0.230. The lowest BCUT2D eigenvalue weighted by molar-refractivity contribution is -0.135. The summed E-state index contributed by atoms with van der Waals surface area (Å²) in [6.45, 7) is 3.88. The van der Waals surface area contributed by atoms with Crippen molar-refractivity contribution in [2.75, 3.05) is 19.6 Å². The molecule has 3 nitrogen and oxygen atoms in total. The van der Waals surface area contributed by atoms with Crippen molar-refractivity contribution in [1.29, 1.82) is 0 Å². The van der Waals surface area contributed by atoms with E-state index in [9.17, 15) is 9.18 Å². The summed E-state index contributed by atoms with van der Waals surface area (Å²) >= 11 is 0. The lowest BCUT2D eigenvalue weighted by Gasteiger charge is -2.47. The molecule has 2 aromatic rings. The first kappa shape index (κ1) is 19.1. The lowest BCUT2D eigenvalue weighted by Crippen LogP contribution is -2.54. The van der Waals surface area contributed by atoms with Crippen molar-refractivity contribution >= 4 is 5.91 Å². The summed E-state index contributed by atoms with van der Waals surface area (Å²) in [4.78, 5) is 17.4. The van der Waals surface area contributed by atoms with Gasteiger partial charge in [0.05, 0.1) is 0 Å². The molecule has 2 aliphatic heterocycles. The van der Waals surface area contributed by atoms with Crippen molar-refractivity contribution in [1.82, 2.24) is 9.80 Å². The summed E-state index contributed by atoms with van der Waals surface area (Å²) in [6, 6.07) is 17.9. The maximum absolute atomic E-state index is 13.3. The first-order valence-corrected chi connectivity index (χ1v) is 10.5. The van der Waals surface area contributed by atoms with Crippen molar-refractivity contribution in [3.8, 4) is 0 Å². The number of fused-ring (bicyclic) bond motifs is 1. The molecule has 1 amide bonds. The summed E-state index contributed by atoms with van der Waals surface area (Å²) < 4.78 is 13.3. The molecular formula is C24H29FN2O. The number of carbonyl (C=O) groups is 1. The van der Waals surface area contributed by atoms with Crippen molar-refractivity contribution < 1.29 is 9.18 Å². The van der Waals surface area contributed by atoms with E-state index in [0.717, 1.165) is 38.2 Å². The van der Waals surface area contributed by atoms with E-state index in [4.69, 9.17) is 0 Å². The van der Waals surface area contributed by atoms with Gasteiger partial charge >= 0.3 is 0 Å². The molecule has 148 valence electrons. The van der Waals surface area contributed by atoms with Gasteiger partial charge in [0.2, 0.25) is 5.91 Å². The first-order chi connectivity index (χ1) is 13.7. The van der Waals surface area contributed by atoms with Crippen molar-refractivity contribution in [3.63, 3.8) is 0 Å². The fourth-order valence-corrected chi connectivity index (χ4v) is 4.85. The van der Waals surface area contributed by atoms with E-state index in [2.05, 4.69) is 35.2 Å². The molecule has 2 heterocycles. The molecule has 0 N–H and O–H groups in total. The molecule has 0 saturated carbocycles. The van der Waals surface area contributed by atoms with Gasteiger partial charge in [0, 0.05) is 32.1 Å². The highest BCUT2D eigenvalue weighted by atomic mass is 19.1. The van der Waals surface area contributed by atoms with Crippen LogP contribution in [0.5, 0.6) is 0 Å². The molecule has 2 saturated heterocycles. The van der Waals surface area contributed by atoms with Crippen LogP contribution in [-0.4, -0.2) is 41.4 Å². The molecule has 28 heavy (non-hydrogen) atoms. The number of carbonyl (C=O) groups excluding carboxylic acids is 1. The lowest BCUT2D eigenvalue weighted by atomic mass is 9.83.